The van der Waals surface area contributed by atoms with E-state index in [9.17, 15) is 13.6 Å². The highest BCUT2D eigenvalue weighted by molar-refractivity contribution is 5.41. The summed E-state index contributed by atoms with van der Waals surface area (Å²) in [6.07, 6.45) is -2.81. The quantitative estimate of drug-likeness (QED) is 0.780. The monoisotopic (exact) mass is 349 g/mol. The number of aromatic nitrogens is 3. The Bertz CT molecular complexity index is 859. The molecule has 0 aliphatic carbocycles. The maximum atomic E-state index is 13.1. The molecule has 5 nitrogen and oxygen atoms in total. The SMILES string of the molecule is COCC(C)C#Cc1ccc(C)c(Cn2c(C(F)F)nn(C)c2=O)c1. The molecule has 1 heterocycles. The summed E-state index contributed by atoms with van der Waals surface area (Å²) in [5.74, 6) is 5.68. The van der Waals surface area contributed by atoms with E-state index in [4.69, 9.17) is 4.74 Å². The molecular weight excluding hydrogens is 328 g/mol. The molecule has 0 radical (unpaired) electrons. The lowest BCUT2D eigenvalue weighted by atomic mass is 10.0. The van der Waals surface area contributed by atoms with Crippen LogP contribution in [0, 0.1) is 24.7 Å². The second-order valence-electron chi connectivity index (χ2n) is 5.92. The molecule has 0 spiro atoms. The van der Waals surface area contributed by atoms with Crippen molar-refractivity contribution in [1.82, 2.24) is 14.3 Å². The Morgan fingerprint density at radius 3 is 2.72 bits per heavy atom. The fourth-order valence-electron chi connectivity index (χ4n) is 2.42. The Labute approximate surface area is 145 Å². The van der Waals surface area contributed by atoms with Crippen molar-refractivity contribution < 1.29 is 13.5 Å². The molecule has 0 saturated carbocycles. The van der Waals surface area contributed by atoms with Gasteiger partial charge in [0.15, 0.2) is 0 Å². The van der Waals surface area contributed by atoms with E-state index >= 15 is 0 Å². The van der Waals surface area contributed by atoms with Crippen molar-refractivity contribution >= 4 is 0 Å². The Balaban J connectivity index is 2.35. The molecule has 0 amide bonds. The van der Waals surface area contributed by atoms with Crippen molar-refractivity contribution in [3.63, 3.8) is 0 Å². The van der Waals surface area contributed by atoms with Crippen LogP contribution in [0.1, 0.15) is 35.9 Å². The fraction of sp³-hybridized carbons (Fsp3) is 0.444. The number of hydrogen-bond donors (Lipinski definition) is 0. The van der Waals surface area contributed by atoms with E-state index in [-0.39, 0.29) is 12.5 Å². The summed E-state index contributed by atoms with van der Waals surface area (Å²) in [4.78, 5) is 12.1. The average molecular weight is 349 g/mol. The molecule has 0 bridgehead atoms. The first-order valence-electron chi connectivity index (χ1n) is 7.85. The molecule has 0 N–H and O–H groups in total. The van der Waals surface area contributed by atoms with Gasteiger partial charge in [0.25, 0.3) is 6.43 Å². The predicted octanol–water partition coefficient (Wildman–Crippen LogP) is 2.51. The highest BCUT2D eigenvalue weighted by Crippen LogP contribution is 2.18. The van der Waals surface area contributed by atoms with E-state index in [1.807, 2.05) is 32.0 Å². The van der Waals surface area contributed by atoms with E-state index < -0.39 is 17.9 Å². The molecule has 134 valence electrons. The fourth-order valence-corrected chi connectivity index (χ4v) is 2.42. The van der Waals surface area contributed by atoms with Crippen LogP contribution in [0.3, 0.4) is 0 Å². The van der Waals surface area contributed by atoms with Gasteiger partial charge in [0.2, 0.25) is 5.82 Å². The number of rotatable bonds is 5. The van der Waals surface area contributed by atoms with Crippen molar-refractivity contribution in [2.75, 3.05) is 13.7 Å². The minimum absolute atomic E-state index is 0.0291. The molecule has 0 saturated heterocycles. The summed E-state index contributed by atoms with van der Waals surface area (Å²) in [6, 6.07) is 5.55. The summed E-state index contributed by atoms with van der Waals surface area (Å²) in [5, 5.41) is 3.61. The van der Waals surface area contributed by atoms with Gasteiger partial charge in [-0.2, -0.15) is 0 Å². The van der Waals surface area contributed by atoms with Gasteiger partial charge in [-0.1, -0.05) is 17.9 Å². The Morgan fingerprint density at radius 2 is 2.08 bits per heavy atom. The standard InChI is InChI=1S/C18H21F2N3O2/c1-12(11-25-4)5-7-14-8-6-13(2)15(9-14)10-23-17(16(19)20)21-22(3)18(23)24/h6,8-9,12,16H,10-11H2,1-4H3. The van der Waals surface area contributed by atoms with Crippen LogP contribution in [0.5, 0.6) is 0 Å². The van der Waals surface area contributed by atoms with E-state index in [2.05, 4.69) is 16.9 Å². The topological polar surface area (TPSA) is 49.0 Å². The highest BCUT2D eigenvalue weighted by Gasteiger charge is 2.20. The zero-order chi connectivity index (χ0) is 18.6. The number of alkyl halides is 2. The predicted molar refractivity (Wildman–Crippen MR) is 90.6 cm³/mol. The van der Waals surface area contributed by atoms with Crippen LogP contribution in [0.25, 0.3) is 0 Å². The van der Waals surface area contributed by atoms with E-state index in [1.165, 1.54) is 7.05 Å². The van der Waals surface area contributed by atoms with Crippen molar-refractivity contribution in [2.45, 2.75) is 26.8 Å². The number of ether oxygens (including phenoxy) is 1. The van der Waals surface area contributed by atoms with Crippen LogP contribution in [0.4, 0.5) is 8.78 Å². The third-order valence-corrected chi connectivity index (χ3v) is 3.79. The smallest absolute Gasteiger partial charge is 0.346 e. The zero-order valence-electron chi connectivity index (χ0n) is 14.7. The molecular formula is C18H21F2N3O2. The molecule has 2 rings (SSSR count). The number of halogens is 2. The number of benzene rings is 1. The normalized spacial score (nSPS) is 12.1. The van der Waals surface area contributed by atoms with Crippen LogP contribution in [0.2, 0.25) is 0 Å². The second kappa shape index (κ2) is 8.08. The van der Waals surface area contributed by atoms with Crippen molar-refractivity contribution in [3.8, 4) is 11.8 Å². The first kappa shape index (κ1) is 18.9. The van der Waals surface area contributed by atoms with Crippen LogP contribution in [-0.2, 0) is 18.3 Å². The number of methoxy groups -OCH3 is 1. The van der Waals surface area contributed by atoms with Gasteiger partial charge in [-0.15, -0.1) is 5.10 Å². The van der Waals surface area contributed by atoms with Crippen LogP contribution in [0.15, 0.2) is 23.0 Å². The number of nitrogens with zero attached hydrogens (tertiary/aromatic N) is 3. The second-order valence-corrected chi connectivity index (χ2v) is 5.92. The number of hydrogen-bond acceptors (Lipinski definition) is 3. The van der Waals surface area contributed by atoms with Crippen LogP contribution < -0.4 is 5.69 Å². The zero-order valence-corrected chi connectivity index (χ0v) is 14.7. The molecule has 0 aliphatic heterocycles. The molecule has 25 heavy (non-hydrogen) atoms. The van der Waals surface area contributed by atoms with Gasteiger partial charge in [-0.25, -0.2) is 18.3 Å². The van der Waals surface area contributed by atoms with E-state index in [0.29, 0.717) is 6.61 Å². The molecule has 1 unspecified atom stereocenters. The summed E-state index contributed by atoms with van der Waals surface area (Å²) in [5.41, 5.74) is 1.84. The molecule has 1 atom stereocenters. The Kier molecular flexibility index (Phi) is 6.10. The average Bonchev–Trinajstić information content (AvgIpc) is 2.84. The maximum Gasteiger partial charge on any atom is 0.346 e. The lowest BCUT2D eigenvalue weighted by Crippen LogP contribution is -2.24. The lowest BCUT2D eigenvalue weighted by Gasteiger charge is -2.09. The van der Waals surface area contributed by atoms with Gasteiger partial charge in [0, 0.05) is 25.6 Å². The van der Waals surface area contributed by atoms with E-state index in [1.54, 1.807) is 7.11 Å². The van der Waals surface area contributed by atoms with Gasteiger partial charge >= 0.3 is 5.69 Å². The van der Waals surface area contributed by atoms with E-state index in [0.717, 1.165) is 25.9 Å². The van der Waals surface area contributed by atoms with Crippen LogP contribution >= 0.6 is 0 Å². The summed E-state index contributed by atoms with van der Waals surface area (Å²) in [7, 11) is 2.98. The molecule has 1 aromatic heterocycles. The molecule has 2 aromatic rings. The summed E-state index contributed by atoms with van der Waals surface area (Å²) >= 11 is 0. The number of aryl methyl sites for hydroxylation is 2. The molecule has 0 aliphatic rings. The van der Waals surface area contributed by atoms with Gasteiger partial charge < -0.3 is 4.74 Å². The van der Waals surface area contributed by atoms with Gasteiger partial charge in [-0.3, -0.25) is 4.57 Å². The first-order chi connectivity index (χ1) is 11.8. The lowest BCUT2D eigenvalue weighted by molar-refractivity contribution is 0.134. The molecule has 1 aromatic carbocycles. The molecule has 7 heteroatoms. The van der Waals surface area contributed by atoms with Crippen molar-refractivity contribution in [2.24, 2.45) is 13.0 Å². The molecule has 0 fully saturated rings. The summed E-state index contributed by atoms with van der Waals surface area (Å²) in [6.45, 7) is 4.38. The minimum Gasteiger partial charge on any atom is -0.383 e. The van der Waals surface area contributed by atoms with Gasteiger partial charge in [-0.05, 0) is 37.1 Å². The summed E-state index contributed by atoms with van der Waals surface area (Å²) < 4.78 is 33.2. The maximum absolute atomic E-state index is 13.1. The van der Waals surface area contributed by atoms with Crippen molar-refractivity contribution in [3.05, 3.63) is 51.2 Å². The van der Waals surface area contributed by atoms with Crippen molar-refractivity contribution in [1.29, 1.82) is 0 Å². The van der Waals surface area contributed by atoms with Gasteiger partial charge in [0.05, 0.1) is 13.2 Å². The minimum atomic E-state index is -2.81. The third-order valence-electron chi connectivity index (χ3n) is 3.79. The highest BCUT2D eigenvalue weighted by atomic mass is 19.3. The largest absolute Gasteiger partial charge is 0.383 e. The first-order valence-corrected chi connectivity index (χ1v) is 7.85. The third kappa shape index (κ3) is 4.54. The Morgan fingerprint density at radius 1 is 1.36 bits per heavy atom. The Hall–Kier alpha value is -2.46. The van der Waals surface area contributed by atoms with Gasteiger partial charge in [0.1, 0.15) is 0 Å². The van der Waals surface area contributed by atoms with Crippen LogP contribution in [-0.4, -0.2) is 28.1 Å².